The number of fused-ring (bicyclic) bond motifs is 1. The zero-order valence-corrected chi connectivity index (χ0v) is 19.2. The molecule has 2 atom stereocenters. The molecular weight excluding hydrogens is 445 g/mol. The minimum absolute atomic E-state index is 0.0614. The number of pyridine rings is 2. The highest BCUT2D eigenvalue weighted by Crippen LogP contribution is 2.54. The standard InChI is InChI=1S/C27H24FN5O2/c1-32(27(11-12-27)21-4-2-3-13-30-21)26(35)20-14-19(20)17-7-10-22-31-23(16-5-8-18(28)9-6-16)24(25(29)34)33(22)15-17/h2-10,13,15,19-20H,11-12,14H2,1H3,(H2,29,34)/t19-,20-/m1/s1. The molecule has 2 aliphatic carbocycles. The second kappa shape index (κ2) is 7.73. The molecule has 2 N–H and O–H groups in total. The van der Waals surface area contributed by atoms with Crippen molar-refractivity contribution in [3.63, 3.8) is 0 Å². The lowest BCUT2D eigenvalue weighted by atomic mass is 10.1. The Balaban J connectivity index is 1.29. The molecule has 8 heteroatoms. The number of amides is 2. The van der Waals surface area contributed by atoms with Crippen LogP contribution in [0.2, 0.25) is 0 Å². The SMILES string of the molecule is CN(C(=O)[C@@H]1C[C@@H]1c1ccc2nc(-c3ccc(F)cc3)c(C(N)=O)n2c1)C1(c2ccccn2)CC1. The summed E-state index contributed by atoms with van der Waals surface area (Å²) in [5, 5.41) is 0. The average molecular weight is 470 g/mol. The molecule has 0 unspecified atom stereocenters. The normalized spacial score (nSPS) is 19.9. The molecule has 1 aromatic carbocycles. The van der Waals surface area contributed by atoms with Gasteiger partial charge in [0.05, 0.1) is 11.2 Å². The zero-order chi connectivity index (χ0) is 24.3. The highest BCUT2D eigenvalue weighted by atomic mass is 19.1. The number of primary amides is 1. The van der Waals surface area contributed by atoms with Crippen LogP contribution in [0.25, 0.3) is 16.9 Å². The van der Waals surface area contributed by atoms with Gasteiger partial charge in [-0.05, 0) is 73.2 Å². The van der Waals surface area contributed by atoms with Crippen LogP contribution in [0.4, 0.5) is 4.39 Å². The Bertz CT molecular complexity index is 1460. The van der Waals surface area contributed by atoms with Crippen LogP contribution in [-0.4, -0.2) is 38.1 Å². The van der Waals surface area contributed by atoms with Crippen molar-refractivity contribution in [2.45, 2.75) is 30.7 Å². The van der Waals surface area contributed by atoms with Gasteiger partial charge in [0.15, 0.2) is 0 Å². The first-order valence-electron chi connectivity index (χ1n) is 11.7. The Kier molecular flexibility index (Phi) is 4.74. The number of rotatable bonds is 6. The Morgan fingerprint density at radius 1 is 1.11 bits per heavy atom. The van der Waals surface area contributed by atoms with E-state index in [0.717, 1.165) is 30.5 Å². The third kappa shape index (κ3) is 3.48. The zero-order valence-electron chi connectivity index (χ0n) is 19.2. The van der Waals surface area contributed by atoms with Crippen molar-refractivity contribution in [3.8, 4) is 11.3 Å². The molecule has 6 rings (SSSR count). The lowest BCUT2D eigenvalue weighted by molar-refractivity contribution is -0.134. The fraction of sp³-hybridized carbons (Fsp3) is 0.259. The summed E-state index contributed by atoms with van der Waals surface area (Å²) in [5.41, 5.74) is 9.12. The van der Waals surface area contributed by atoms with E-state index in [4.69, 9.17) is 5.73 Å². The van der Waals surface area contributed by atoms with E-state index in [1.807, 2.05) is 48.5 Å². The smallest absolute Gasteiger partial charge is 0.268 e. The number of nitrogens with two attached hydrogens (primary N) is 1. The first-order chi connectivity index (χ1) is 16.9. The van der Waals surface area contributed by atoms with Gasteiger partial charge in [-0.15, -0.1) is 0 Å². The first-order valence-corrected chi connectivity index (χ1v) is 11.7. The van der Waals surface area contributed by atoms with Gasteiger partial charge in [0.1, 0.15) is 22.9 Å². The van der Waals surface area contributed by atoms with Crippen molar-refractivity contribution < 1.29 is 14.0 Å². The number of halogens is 1. The van der Waals surface area contributed by atoms with Gasteiger partial charge in [0.25, 0.3) is 5.91 Å². The van der Waals surface area contributed by atoms with Gasteiger partial charge in [-0.1, -0.05) is 12.1 Å². The van der Waals surface area contributed by atoms with Crippen LogP contribution in [0, 0.1) is 11.7 Å². The monoisotopic (exact) mass is 469 g/mol. The quantitative estimate of drug-likeness (QED) is 0.464. The Morgan fingerprint density at radius 2 is 1.89 bits per heavy atom. The molecule has 35 heavy (non-hydrogen) atoms. The van der Waals surface area contributed by atoms with Crippen molar-refractivity contribution in [1.82, 2.24) is 19.3 Å². The maximum absolute atomic E-state index is 13.4. The van der Waals surface area contributed by atoms with E-state index in [9.17, 15) is 14.0 Å². The highest BCUT2D eigenvalue weighted by Gasteiger charge is 2.55. The van der Waals surface area contributed by atoms with Crippen LogP contribution >= 0.6 is 0 Å². The van der Waals surface area contributed by atoms with E-state index >= 15 is 0 Å². The molecule has 0 saturated heterocycles. The fourth-order valence-electron chi connectivity index (χ4n) is 5.14. The molecule has 3 heterocycles. The maximum Gasteiger partial charge on any atom is 0.268 e. The van der Waals surface area contributed by atoms with E-state index in [-0.39, 0.29) is 34.8 Å². The fourth-order valence-corrected chi connectivity index (χ4v) is 5.14. The second-order valence-electron chi connectivity index (χ2n) is 9.46. The van der Waals surface area contributed by atoms with Gasteiger partial charge in [-0.25, -0.2) is 9.37 Å². The molecule has 2 fully saturated rings. The molecule has 2 aliphatic rings. The predicted molar refractivity (Wildman–Crippen MR) is 128 cm³/mol. The molecule has 0 spiro atoms. The van der Waals surface area contributed by atoms with E-state index in [0.29, 0.717) is 16.9 Å². The Morgan fingerprint density at radius 3 is 2.54 bits per heavy atom. The first kappa shape index (κ1) is 21.5. The van der Waals surface area contributed by atoms with E-state index < -0.39 is 5.91 Å². The second-order valence-corrected chi connectivity index (χ2v) is 9.46. The lowest BCUT2D eigenvalue weighted by Gasteiger charge is -2.28. The minimum Gasteiger partial charge on any atom is -0.364 e. The molecule has 0 aliphatic heterocycles. The molecule has 2 saturated carbocycles. The van der Waals surface area contributed by atoms with Crippen molar-refractivity contribution in [2.24, 2.45) is 11.7 Å². The number of aromatic nitrogens is 3. The average Bonchev–Trinajstić information content (AvgIpc) is 3.79. The molecule has 2 amide bonds. The summed E-state index contributed by atoms with van der Waals surface area (Å²) in [5.74, 6) is -0.929. The minimum atomic E-state index is -0.622. The van der Waals surface area contributed by atoms with Gasteiger partial charge < -0.3 is 10.6 Å². The van der Waals surface area contributed by atoms with Crippen LogP contribution in [0.15, 0.2) is 67.0 Å². The number of benzene rings is 1. The number of carbonyl (C=O) groups is 2. The number of imidazole rings is 1. The lowest BCUT2D eigenvalue weighted by Crippen LogP contribution is -2.38. The largest absolute Gasteiger partial charge is 0.364 e. The maximum atomic E-state index is 13.4. The number of hydrogen-bond acceptors (Lipinski definition) is 4. The predicted octanol–water partition coefficient (Wildman–Crippen LogP) is 3.89. The summed E-state index contributed by atoms with van der Waals surface area (Å²) >= 11 is 0. The van der Waals surface area contributed by atoms with Crippen molar-refractivity contribution in [1.29, 1.82) is 0 Å². The van der Waals surface area contributed by atoms with Crippen LogP contribution < -0.4 is 5.73 Å². The summed E-state index contributed by atoms with van der Waals surface area (Å²) in [6.45, 7) is 0. The number of nitrogens with zero attached hydrogens (tertiary/aromatic N) is 4. The van der Waals surface area contributed by atoms with Gasteiger partial charge in [0.2, 0.25) is 5.91 Å². The molecule has 3 aromatic heterocycles. The molecule has 4 aromatic rings. The Labute approximate surface area is 201 Å². The van der Waals surface area contributed by atoms with Crippen LogP contribution in [0.3, 0.4) is 0 Å². The van der Waals surface area contributed by atoms with Gasteiger partial charge in [-0.2, -0.15) is 0 Å². The number of hydrogen-bond donors (Lipinski definition) is 1. The van der Waals surface area contributed by atoms with Crippen LogP contribution in [0.1, 0.15) is 46.9 Å². The molecule has 0 radical (unpaired) electrons. The number of carbonyl (C=O) groups excluding carboxylic acids is 2. The van der Waals surface area contributed by atoms with Gasteiger partial charge in [0, 0.05) is 30.9 Å². The van der Waals surface area contributed by atoms with Crippen LogP contribution in [0.5, 0.6) is 0 Å². The highest BCUT2D eigenvalue weighted by molar-refractivity contribution is 5.98. The summed E-state index contributed by atoms with van der Waals surface area (Å²) < 4.78 is 15.1. The summed E-state index contributed by atoms with van der Waals surface area (Å²) in [6, 6.07) is 15.4. The van der Waals surface area contributed by atoms with Crippen molar-refractivity contribution >= 4 is 17.5 Å². The van der Waals surface area contributed by atoms with Gasteiger partial charge >= 0.3 is 0 Å². The molecule has 176 valence electrons. The molecule has 7 nitrogen and oxygen atoms in total. The van der Waals surface area contributed by atoms with Crippen LogP contribution in [-0.2, 0) is 10.3 Å². The van der Waals surface area contributed by atoms with Crippen molar-refractivity contribution in [2.75, 3.05) is 7.05 Å². The summed E-state index contributed by atoms with van der Waals surface area (Å²) in [6.07, 6.45) is 6.19. The summed E-state index contributed by atoms with van der Waals surface area (Å²) in [7, 11) is 1.87. The third-order valence-corrected chi connectivity index (χ3v) is 7.37. The van der Waals surface area contributed by atoms with Crippen molar-refractivity contribution in [3.05, 3.63) is 89.8 Å². The third-order valence-electron chi connectivity index (χ3n) is 7.37. The topological polar surface area (TPSA) is 93.6 Å². The van der Waals surface area contributed by atoms with E-state index in [2.05, 4.69) is 9.97 Å². The van der Waals surface area contributed by atoms with E-state index in [1.54, 1.807) is 22.7 Å². The molecular formula is C27H24FN5O2. The molecule has 0 bridgehead atoms. The van der Waals surface area contributed by atoms with Gasteiger partial charge in [-0.3, -0.25) is 19.0 Å². The summed E-state index contributed by atoms with van der Waals surface area (Å²) in [4.78, 5) is 36.7. The Hall–Kier alpha value is -4.07. The van der Waals surface area contributed by atoms with E-state index in [1.165, 1.54) is 12.1 Å².